The van der Waals surface area contributed by atoms with Crippen LogP contribution in [0.3, 0.4) is 0 Å². The van der Waals surface area contributed by atoms with E-state index in [2.05, 4.69) is 5.32 Å². The third kappa shape index (κ3) is 4.74. The highest BCUT2D eigenvalue weighted by Gasteiger charge is 2.22. The van der Waals surface area contributed by atoms with Crippen molar-refractivity contribution in [2.75, 3.05) is 11.4 Å². The summed E-state index contributed by atoms with van der Waals surface area (Å²) in [7, 11) is 0. The standard InChI is InChI=1S/C20H28N2O3/c1-15(20(24)21-16-7-4-2-3-5-8-16)25-18-12-10-17(11-13-18)22-14-6-9-19(22)23/h10-13,15-16H,2-9,14H2,1H3,(H,21,24)/t15-/m0/s1. The van der Waals surface area contributed by atoms with Crippen molar-refractivity contribution in [3.63, 3.8) is 0 Å². The molecule has 1 saturated heterocycles. The molecular formula is C20H28N2O3. The summed E-state index contributed by atoms with van der Waals surface area (Å²) >= 11 is 0. The second-order valence-corrected chi connectivity index (χ2v) is 7.10. The van der Waals surface area contributed by atoms with Crippen LogP contribution < -0.4 is 15.0 Å². The smallest absolute Gasteiger partial charge is 0.260 e. The Morgan fingerprint density at radius 1 is 1.12 bits per heavy atom. The summed E-state index contributed by atoms with van der Waals surface area (Å²) in [6, 6.07) is 7.71. The summed E-state index contributed by atoms with van der Waals surface area (Å²) in [4.78, 5) is 25.9. The first-order valence-electron chi connectivity index (χ1n) is 9.51. The van der Waals surface area contributed by atoms with Crippen LogP contribution in [-0.2, 0) is 9.59 Å². The van der Waals surface area contributed by atoms with Gasteiger partial charge in [0.2, 0.25) is 5.91 Å². The topological polar surface area (TPSA) is 58.6 Å². The molecule has 1 aliphatic heterocycles. The molecule has 2 fully saturated rings. The Balaban J connectivity index is 1.52. The number of rotatable bonds is 5. The number of benzene rings is 1. The van der Waals surface area contributed by atoms with E-state index in [0.717, 1.165) is 31.5 Å². The second-order valence-electron chi connectivity index (χ2n) is 7.10. The lowest BCUT2D eigenvalue weighted by atomic mass is 10.1. The van der Waals surface area contributed by atoms with E-state index in [4.69, 9.17) is 4.74 Å². The zero-order valence-electron chi connectivity index (χ0n) is 15.0. The Morgan fingerprint density at radius 3 is 2.40 bits per heavy atom. The van der Waals surface area contributed by atoms with Gasteiger partial charge in [-0.2, -0.15) is 0 Å². The zero-order valence-corrected chi connectivity index (χ0v) is 15.0. The molecule has 2 amide bonds. The maximum atomic E-state index is 12.4. The third-order valence-corrected chi connectivity index (χ3v) is 5.11. The molecule has 5 nitrogen and oxygen atoms in total. The van der Waals surface area contributed by atoms with Crippen molar-refractivity contribution < 1.29 is 14.3 Å². The highest BCUT2D eigenvalue weighted by Crippen LogP contribution is 2.24. The number of carbonyl (C=O) groups excluding carboxylic acids is 2. The highest BCUT2D eigenvalue weighted by molar-refractivity contribution is 5.95. The van der Waals surface area contributed by atoms with Crippen molar-refractivity contribution in [1.29, 1.82) is 0 Å². The Hall–Kier alpha value is -2.04. The van der Waals surface area contributed by atoms with Gasteiger partial charge in [-0.05, 0) is 50.5 Å². The summed E-state index contributed by atoms with van der Waals surface area (Å²) in [6.45, 7) is 2.56. The van der Waals surface area contributed by atoms with E-state index in [1.54, 1.807) is 11.8 Å². The van der Waals surface area contributed by atoms with Gasteiger partial charge in [-0.1, -0.05) is 25.7 Å². The summed E-state index contributed by atoms with van der Waals surface area (Å²) < 4.78 is 5.78. The number of amides is 2. The van der Waals surface area contributed by atoms with Crippen LogP contribution in [0.15, 0.2) is 24.3 Å². The molecule has 1 N–H and O–H groups in total. The molecule has 1 aromatic carbocycles. The van der Waals surface area contributed by atoms with Crippen LogP contribution in [0.5, 0.6) is 5.75 Å². The van der Waals surface area contributed by atoms with Gasteiger partial charge >= 0.3 is 0 Å². The minimum atomic E-state index is -0.525. The molecule has 5 heteroatoms. The van der Waals surface area contributed by atoms with Gasteiger partial charge in [0.1, 0.15) is 5.75 Å². The fourth-order valence-corrected chi connectivity index (χ4v) is 3.63. The van der Waals surface area contributed by atoms with E-state index < -0.39 is 6.10 Å². The van der Waals surface area contributed by atoms with Crippen LogP contribution in [0.25, 0.3) is 0 Å². The first-order valence-corrected chi connectivity index (χ1v) is 9.51. The van der Waals surface area contributed by atoms with E-state index >= 15 is 0 Å². The monoisotopic (exact) mass is 344 g/mol. The molecule has 0 aromatic heterocycles. The molecule has 1 heterocycles. The van der Waals surface area contributed by atoms with Crippen molar-refractivity contribution in [1.82, 2.24) is 5.32 Å². The van der Waals surface area contributed by atoms with Crippen LogP contribution in [0, 0.1) is 0 Å². The molecule has 136 valence electrons. The van der Waals surface area contributed by atoms with Gasteiger partial charge in [-0.3, -0.25) is 9.59 Å². The minimum Gasteiger partial charge on any atom is -0.481 e. The van der Waals surface area contributed by atoms with Crippen LogP contribution in [-0.4, -0.2) is 30.5 Å². The van der Waals surface area contributed by atoms with Crippen LogP contribution >= 0.6 is 0 Å². The van der Waals surface area contributed by atoms with E-state index in [0.29, 0.717) is 12.2 Å². The number of hydrogen-bond donors (Lipinski definition) is 1. The van der Waals surface area contributed by atoms with Crippen LogP contribution in [0.4, 0.5) is 5.69 Å². The van der Waals surface area contributed by atoms with Crippen molar-refractivity contribution in [3.05, 3.63) is 24.3 Å². The largest absolute Gasteiger partial charge is 0.481 e. The Bertz CT molecular complexity index is 591. The van der Waals surface area contributed by atoms with Crippen molar-refractivity contribution in [3.8, 4) is 5.75 Å². The maximum Gasteiger partial charge on any atom is 0.260 e. The normalized spacial score (nSPS) is 20.2. The lowest BCUT2D eigenvalue weighted by Crippen LogP contribution is -2.42. The molecule has 1 saturated carbocycles. The number of hydrogen-bond acceptors (Lipinski definition) is 3. The molecule has 0 bridgehead atoms. The van der Waals surface area contributed by atoms with Gasteiger partial charge in [0, 0.05) is 24.7 Å². The van der Waals surface area contributed by atoms with E-state index in [-0.39, 0.29) is 17.9 Å². The van der Waals surface area contributed by atoms with Crippen LogP contribution in [0.1, 0.15) is 58.3 Å². The fourth-order valence-electron chi connectivity index (χ4n) is 3.63. The van der Waals surface area contributed by atoms with Gasteiger partial charge in [0.15, 0.2) is 6.10 Å². The number of carbonyl (C=O) groups is 2. The molecule has 1 atom stereocenters. The van der Waals surface area contributed by atoms with Crippen molar-refractivity contribution in [2.45, 2.75) is 70.4 Å². The predicted molar refractivity (Wildman–Crippen MR) is 97.8 cm³/mol. The van der Waals surface area contributed by atoms with Crippen molar-refractivity contribution in [2.24, 2.45) is 0 Å². The van der Waals surface area contributed by atoms with E-state index in [9.17, 15) is 9.59 Å². The van der Waals surface area contributed by atoms with E-state index in [1.165, 1.54) is 25.7 Å². The van der Waals surface area contributed by atoms with Gasteiger partial charge < -0.3 is 15.0 Å². The van der Waals surface area contributed by atoms with Crippen LogP contribution in [0.2, 0.25) is 0 Å². The average molecular weight is 344 g/mol. The van der Waals surface area contributed by atoms with Gasteiger partial charge in [0.05, 0.1) is 0 Å². The molecular weight excluding hydrogens is 316 g/mol. The molecule has 0 radical (unpaired) electrons. The van der Waals surface area contributed by atoms with Gasteiger partial charge in [-0.25, -0.2) is 0 Å². The first kappa shape index (κ1) is 17.8. The molecule has 1 aromatic rings. The zero-order chi connectivity index (χ0) is 17.6. The summed E-state index contributed by atoms with van der Waals surface area (Å²) in [5.41, 5.74) is 0.894. The number of nitrogens with one attached hydrogen (secondary N) is 1. The summed E-state index contributed by atoms with van der Waals surface area (Å²) in [6.07, 6.45) is 8.06. The minimum absolute atomic E-state index is 0.0503. The molecule has 2 aliphatic rings. The number of nitrogens with zero attached hydrogens (tertiary/aromatic N) is 1. The van der Waals surface area contributed by atoms with Gasteiger partial charge in [0.25, 0.3) is 5.91 Å². The Kier molecular flexibility index (Phi) is 5.95. The first-order chi connectivity index (χ1) is 12.1. The lowest BCUT2D eigenvalue weighted by molar-refractivity contribution is -0.128. The molecule has 3 rings (SSSR count). The van der Waals surface area contributed by atoms with E-state index in [1.807, 2.05) is 24.3 Å². The fraction of sp³-hybridized carbons (Fsp3) is 0.600. The molecule has 25 heavy (non-hydrogen) atoms. The number of ether oxygens (including phenoxy) is 1. The molecule has 0 unspecified atom stereocenters. The maximum absolute atomic E-state index is 12.4. The quantitative estimate of drug-likeness (QED) is 0.833. The summed E-state index contributed by atoms with van der Waals surface area (Å²) in [5.74, 6) is 0.773. The summed E-state index contributed by atoms with van der Waals surface area (Å²) in [5, 5.41) is 3.12. The van der Waals surface area contributed by atoms with Gasteiger partial charge in [-0.15, -0.1) is 0 Å². The molecule has 1 aliphatic carbocycles. The molecule has 0 spiro atoms. The highest BCUT2D eigenvalue weighted by atomic mass is 16.5. The lowest BCUT2D eigenvalue weighted by Gasteiger charge is -2.21. The SMILES string of the molecule is C[C@H](Oc1ccc(N2CCCC2=O)cc1)C(=O)NC1CCCCCC1. The third-order valence-electron chi connectivity index (χ3n) is 5.11. The average Bonchev–Trinajstić information content (AvgIpc) is 2.88. The number of anilines is 1. The van der Waals surface area contributed by atoms with Crippen molar-refractivity contribution >= 4 is 17.5 Å². The predicted octanol–water partition coefficient (Wildman–Crippen LogP) is 3.42. The Labute approximate surface area is 149 Å². The second kappa shape index (κ2) is 8.37. The Morgan fingerprint density at radius 2 is 1.80 bits per heavy atom.